The lowest BCUT2D eigenvalue weighted by Gasteiger charge is -2.27. The van der Waals surface area contributed by atoms with Crippen LogP contribution in [0, 0.1) is 5.92 Å². The molecule has 0 aromatic rings. The molecule has 0 spiro atoms. The molecule has 0 aromatic heterocycles. The average molecular weight is 168 g/mol. The van der Waals surface area contributed by atoms with Gasteiger partial charge in [0.25, 0.3) is 0 Å². The van der Waals surface area contributed by atoms with Gasteiger partial charge in [-0.15, -0.1) is 0 Å². The minimum absolute atomic E-state index is 0.0759. The summed E-state index contributed by atoms with van der Waals surface area (Å²) in [6, 6.07) is 0. The molecule has 0 bridgehead atoms. The Balaban J connectivity index is 2.54. The van der Waals surface area contributed by atoms with E-state index in [0.717, 1.165) is 12.8 Å². The van der Waals surface area contributed by atoms with Crippen LogP contribution in [0.1, 0.15) is 46.5 Å². The summed E-state index contributed by atoms with van der Waals surface area (Å²) in [4.78, 5) is 0. The molecule has 70 valence electrons. The summed E-state index contributed by atoms with van der Waals surface area (Å²) in [5.74, 6) is 0.527. The second-order valence-electron chi connectivity index (χ2n) is 4.04. The van der Waals surface area contributed by atoms with E-state index in [-0.39, 0.29) is 6.10 Å². The molecule has 0 aliphatic heterocycles. The molecular weight excluding hydrogens is 148 g/mol. The number of hydrogen-bond donors (Lipinski definition) is 1. The Morgan fingerprint density at radius 1 is 1.42 bits per heavy atom. The maximum absolute atomic E-state index is 9.66. The first kappa shape index (κ1) is 9.79. The van der Waals surface area contributed by atoms with Crippen LogP contribution in [0.5, 0.6) is 0 Å². The van der Waals surface area contributed by atoms with Gasteiger partial charge in [-0.25, -0.2) is 0 Å². The summed E-state index contributed by atoms with van der Waals surface area (Å²) in [6.07, 6.45) is 4.30. The lowest BCUT2D eigenvalue weighted by Crippen LogP contribution is -2.22. The van der Waals surface area contributed by atoms with Crippen molar-refractivity contribution in [3.8, 4) is 0 Å². The van der Waals surface area contributed by atoms with E-state index >= 15 is 0 Å². The van der Waals surface area contributed by atoms with Gasteiger partial charge in [-0.2, -0.15) is 0 Å². The van der Waals surface area contributed by atoms with Crippen molar-refractivity contribution in [3.63, 3.8) is 0 Å². The van der Waals surface area contributed by atoms with Crippen molar-refractivity contribution in [2.75, 3.05) is 0 Å². The van der Waals surface area contributed by atoms with Crippen LogP contribution in [0.2, 0.25) is 0 Å². The minimum Gasteiger partial charge on any atom is -0.393 e. The van der Waals surface area contributed by atoms with Crippen molar-refractivity contribution in [2.45, 2.75) is 52.6 Å². The van der Waals surface area contributed by atoms with Crippen LogP contribution in [0.4, 0.5) is 0 Å². The van der Waals surface area contributed by atoms with Crippen LogP contribution < -0.4 is 0 Å². The third kappa shape index (κ3) is 2.10. The van der Waals surface area contributed by atoms with Gasteiger partial charge in [0.1, 0.15) is 0 Å². The molecule has 0 radical (unpaired) electrons. The fraction of sp³-hybridized carbons (Fsp3) is 0.818. The van der Waals surface area contributed by atoms with Crippen molar-refractivity contribution in [2.24, 2.45) is 5.92 Å². The van der Waals surface area contributed by atoms with Gasteiger partial charge in [-0.1, -0.05) is 18.1 Å². The Bertz CT molecular complexity index is 181. The van der Waals surface area contributed by atoms with Gasteiger partial charge in [-0.3, -0.25) is 0 Å². The number of rotatable bonds is 2. The first-order valence-electron chi connectivity index (χ1n) is 4.98. The summed E-state index contributed by atoms with van der Waals surface area (Å²) in [5.41, 5.74) is 3.04. The third-order valence-corrected chi connectivity index (χ3v) is 3.15. The Hall–Kier alpha value is -0.300. The summed E-state index contributed by atoms with van der Waals surface area (Å²) in [5, 5.41) is 9.66. The Labute approximate surface area is 75.5 Å². The molecule has 1 aliphatic carbocycles. The largest absolute Gasteiger partial charge is 0.393 e. The summed E-state index contributed by atoms with van der Waals surface area (Å²) >= 11 is 0. The number of aliphatic hydroxyl groups is 1. The molecule has 0 aromatic carbocycles. The molecule has 1 unspecified atom stereocenters. The van der Waals surface area contributed by atoms with Gasteiger partial charge < -0.3 is 5.11 Å². The van der Waals surface area contributed by atoms with E-state index in [4.69, 9.17) is 0 Å². The van der Waals surface area contributed by atoms with Gasteiger partial charge in [0.05, 0.1) is 6.10 Å². The predicted molar refractivity (Wildman–Crippen MR) is 52.0 cm³/mol. The van der Waals surface area contributed by atoms with Crippen molar-refractivity contribution in [1.29, 1.82) is 0 Å². The lowest BCUT2D eigenvalue weighted by molar-refractivity contribution is 0.0955. The maximum Gasteiger partial charge on any atom is 0.0568 e. The van der Waals surface area contributed by atoms with Gasteiger partial charge in [0.15, 0.2) is 0 Å². The molecule has 0 heterocycles. The van der Waals surface area contributed by atoms with Crippen molar-refractivity contribution in [1.82, 2.24) is 0 Å². The molecule has 1 nitrogen and oxygen atoms in total. The predicted octanol–water partition coefficient (Wildman–Crippen LogP) is 2.89. The Kier molecular flexibility index (Phi) is 3.33. The number of aliphatic hydroxyl groups excluding tert-OH is 1. The fourth-order valence-electron chi connectivity index (χ4n) is 1.95. The Morgan fingerprint density at radius 2 is 2.08 bits per heavy atom. The molecule has 0 saturated heterocycles. The zero-order valence-corrected chi connectivity index (χ0v) is 8.43. The number of allylic oxidation sites excluding steroid dienone is 2. The quantitative estimate of drug-likeness (QED) is 0.629. The summed E-state index contributed by atoms with van der Waals surface area (Å²) in [7, 11) is 0. The monoisotopic (exact) mass is 168 g/mol. The van der Waals surface area contributed by atoms with Crippen LogP contribution in [0.15, 0.2) is 11.1 Å². The van der Waals surface area contributed by atoms with Crippen LogP contribution in [0.25, 0.3) is 0 Å². The second-order valence-corrected chi connectivity index (χ2v) is 4.04. The molecule has 0 saturated carbocycles. The van der Waals surface area contributed by atoms with Crippen LogP contribution in [-0.4, -0.2) is 11.2 Å². The zero-order valence-electron chi connectivity index (χ0n) is 8.43. The van der Waals surface area contributed by atoms with Crippen LogP contribution >= 0.6 is 0 Å². The normalized spacial score (nSPS) is 27.5. The average Bonchev–Trinajstić information content (AvgIpc) is 2.08. The highest BCUT2D eigenvalue weighted by molar-refractivity contribution is 5.14. The van der Waals surface area contributed by atoms with E-state index in [1.54, 1.807) is 0 Å². The summed E-state index contributed by atoms with van der Waals surface area (Å²) < 4.78 is 0. The van der Waals surface area contributed by atoms with Crippen LogP contribution in [-0.2, 0) is 0 Å². The first-order valence-corrected chi connectivity index (χ1v) is 4.98. The molecule has 1 heteroatoms. The van der Waals surface area contributed by atoms with Crippen LogP contribution in [0.3, 0.4) is 0 Å². The molecule has 12 heavy (non-hydrogen) atoms. The SMILES string of the molecule is CCC(O)[C@@H]1CCC(C)=C(C)C1. The third-order valence-electron chi connectivity index (χ3n) is 3.15. The smallest absolute Gasteiger partial charge is 0.0568 e. The maximum atomic E-state index is 9.66. The van der Waals surface area contributed by atoms with E-state index in [1.807, 2.05) is 0 Å². The van der Waals surface area contributed by atoms with Gasteiger partial charge in [0.2, 0.25) is 0 Å². The van der Waals surface area contributed by atoms with E-state index in [1.165, 1.54) is 24.0 Å². The van der Waals surface area contributed by atoms with Crippen molar-refractivity contribution >= 4 is 0 Å². The van der Waals surface area contributed by atoms with Gasteiger partial charge in [-0.05, 0) is 45.4 Å². The highest BCUT2D eigenvalue weighted by Gasteiger charge is 2.21. The van der Waals surface area contributed by atoms with E-state index < -0.39 is 0 Å². The first-order chi connectivity index (χ1) is 5.65. The highest BCUT2D eigenvalue weighted by atomic mass is 16.3. The minimum atomic E-state index is -0.0759. The van der Waals surface area contributed by atoms with Crippen molar-refractivity contribution in [3.05, 3.63) is 11.1 Å². The molecule has 1 rings (SSSR count). The summed E-state index contributed by atoms with van der Waals surface area (Å²) in [6.45, 7) is 6.47. The molecule has 0 amide bonds. The standard InChI is InChI=1S/C11H20O/c1-4-11(12)10-6-5-8(2)9(3)7-10/h10-12H,4-7H2,1-3H3/t10-,11?/m1/s1. The lowest BCUT2D eigenvalue weighted by atomic mass is 9.81. The van der Waals surface area contributed by atoms with E-state index in [2.05, 4.69) is 20.8 Å². The van der Waals surface area contributed by atoms with Crippen molar-refractivity contribution < 1.29 is 5.11 Å². The topological polar surface area (TPSA) is 20.2 Å². The van der Waals surface area contributed by atoms with E-state index in [0.29, 0.717) is 5.92 Å². The highest BCUT2D eigenvalue weighted by Crippen LogP contribution is 2.31. The molecule has 1 aliphatic rings. The molecule has 0 fully saturated rings. The molecule has 2 atom stereocenters. The zero-order chi connectivity index (χ0) is 9.14. The second kappa shape index (κ2) is 4.08. The fourth-order valence-corrected chi connectivity index (χ4v) is 1.95. The van der Waals surface area contributed by atoms with E-state index in [9.17, 15) is 5.11 Å². The molecular formula is C11H20O. The van der Waals surface area contributed by atoms with Gasteiger partial charge in [0, 0.05) is 0 Å². The van der Waals surface area contributed by atoms with Gasteiger partial charge >= 0.3 is 0 Å². The molecule has 1 N–H and O–H groups in total. The Morgan fingerprint density at radius 3 is 2.58 bits per heavy atom. The number of hydrogen-bond acceptors (Lipinski definition) is 1.